The third-order valence-corrected chi connectivity index (χ3v) is 4.47. The molecule has 3 aromatic rings. The Kier molecular flexibility index (Phi) is 5.11. The van der Waals surface area contributed by atoms with Crippen LogP contribution in [0.25, 0.3) is 10.9 Å². The SMILES string of the molecule is CS(=O)(=O)Nc1ccc(CCNc2cc(Cl)nc3ccccc23)cc1. The summed E-state index contributed by atoms with van der Waals surface area (Å²) in [5.41, 5.74) is 3.47. The molecule has 0 aliphatic carbocycles. The molecule has 0 spiro atoms. The first-order valence-corrected chi connectivity index (χ1v) is 10.0. The van der Waals surface area contributed by atoms with Crippen LogP contribution in [0, 0.1) is 0 Å². The number of fused-ring (bicyclic) bond motifs is 1. The summed E-state index contributed by atoms with van der Waals surface area (Å²) in [4.78, 5) is 4.31. The molecule has 0 saturated carbocycles. The van der Waals surface area contributed by atoms with Crippen LogP contribution >= 0.6 is 11.6 Å². The van der Waals surface area contributed by atoms with Crippen molar-refractivity contribution in [1.82, 2.24) is 4.98 Å². The van der Waals surface area contributed by atoms with E-state index in [9.17, 15) is 8.42 Å². The Morgan fingerprint density at radius 3 is 2.52 bits per heavy atom. The number of nitrogens with zero attached hydrogens (tertiary/aromatic N) is 1. The van der Waals surface area contributed by atoms with Crippen LogP contribution in [0.2, 0.25) is 5.15 Å². The number of rotatable bonds is 6. The van der Waals surface area contributed by atoms with Crippen LogP contribution in [0.5, 0.6) is 0 Å². The molecule has 0 unspecified atom stereocenters. The van der Waals surface area contributed by atoms with Crippen molar-refractivity contribution >= 4 is 43.9 Å². The number of hydrogen-bond acceptors (Lipinski definition) is 4. The molecule has 2 N–H and O–H groups in total. The first-order chi connectivity index (χ1) is 11.9. The molecular formula is C18H18ClN3O2S. The van der Waals surface area contributed by atoms with Gasteiger partial charge in [0.1, 0.15) is 5.15 Å². The molecule has 0 bridgehead atoms. The topological polar surface area (TPSA) is 71.1 Å². The second-order valence-corrected chi connectivity index (χ2v) is 7.89. The van der Waals surface area contributed by atoms with Gasteiger partial charge in [0, 0.05) is 23.3 Å². The van der Waals surface area contributed by atoms with E-state index < -0.39 is 10.0 Å². The monoisotopic (exact) mass is 375 g/mol. The maximum Gasteiger partial charge on any atom is 0.229 e. The summed E-state index contributed by atoms with van der Waals surface area (Å²) in [7, 11) is -3.25. The second kappa shape index (κ2) is 7.29. The van der Waals surface area contributed by atoms with Gasteiger partial charge in [-0.3, -0.25) is 4.72 Å². The highest BCUT2D eigenvalue weighted by molar-refractivity contribution is 7.92. The van der Waals surface area contributed by atoms with Crippen LogP contribution in [-0.2, 0) is 16.4 Å². The minimum Gasteiger partial charge on any atom is -0.384 e. The number of nitrogens with one attached hydrogen (secondary N) is 2. The first-order valence-electron chi connectivity index (χ1n) is 7.77. The average molecular weight is 376 g/mol. The second-order valence-electron chi connectivity index (χ2n) is 5.76. The fraction of sp³-hybridized carbons (Fsp3) is 0.167. The van der Waals surface area contributed by atoms with E-state index in [0.29, 0.717) is 10.8 Å². The lowest BCUT2D eigenvalue weighted by Gasteiger charge is -2.11. The Morgan fingerprint density at radius 2 is 1.80 bits per heavy atom. The highest BCUT2D eigenvalue weighted by atomic mass is 35.5. The van der Waals surface area contributed by atoms with Gasteiger partial charge in [-0.2, -0.15) is 0 Å². The van der Waals surface area contributed by atoms with Crippen LogP contribution in [0.3, 0.4) is 0 Å². The van der Waals surface area contributed by atoms with Crippen LogP contribution in [0.15, 0.2) is 54.6 Å². The van der Waals surface area contributed by atoms with Crippen LogP contribution in [0.1, 0.15) is 5.56 Å². The molecule has 0 atom stereocenters. The molecule has 5 nitrogen and oxygen atoms in total. The van der Waals surface area contributed by atoms with Gasteiger partial charge in [0.2, 0.25) is 10.0 Å². The average Bonchev–Trinajstić information content (AvgIpc) is 2.55. The molecule has 1 heterocycles. The van der Waals surface area contributed by atoms with Gasteiger partial charge in [-0.05, 0) is 36.2 Å². The van der Waals surface area contributed by atoms with Crippen molar-refractivity contribution in [2.24, 2.45) is 0 Å². The van der Waals surface area contributed by atoms with E-state index in [1.807, 2.05) is 42.5 Å². The highest BCUT2D eigenvalue weighted by Gasteiger charge is 2.05. The predicted octanol–water partition coefficient (Wildman–Crippen LogP) is 3.91. The number of pyridine rings is 1. The lowest BCUT2D eigenvalue weighted by Crippen LogP contribution is -2.09. The van der Waals surface area contributed by atoms with Crippen molar-refractivity contribution in [1.29, 1.82) is 0 Å². The zero-order valence-electron chi connectivity index (χ0n) is 13.7. The van der Waals surface area contributed by atoms with Gasteiger partial charge >= 0.3 is 0 Å². The molecule has 0 fully saturated rings. The number of benzene rings is 2. The quantitative estimate of drug-likeness (QED) is 0.641. The summed E-state index contributed by atoms with van der Waals surface area (Å²) >= 11 is 6.08. The maximum absolute atomic E-state index is 11.2. The van der Waals surface area contributed by atoms with Crippen molar-refractivity contribution < 1.29 is 8.42 Å². The van der Waals surface area contributed by atoms with E-state index in [4.69, 9.17) is 11.6 Å². The molecular weight excluding hydrogens is 358 g/mol. The summed E-state index contributed by atoms with van der Waals surface area (Å²) in [6.45, 7) is 0.725. The lowest BCUT2D eigenvalue weighted by molar-refractivity contribution is 0.607. The zero-order chi connectivity index (χ0) is 17.9. The van der Waals surface area contributed by atoms with Crippen LogP contribution in [-0.4, -0.2) is 26.2 Å². The molecule has 0 amide bonds. The third kappa shape index (κ3) is 4.84. The van der Waals surface area contributed by atoms with E-state index >= 15 is 0 Å². The molecule has 7 heteroatoms. The number of anilines is 2. The molecule has 0 radical (unpaired) electrons. The van der Waals surface area contributed by atoms with E-state index in [-0.39, 0.29) is 0 Å². The summed E-state index contributed by atoms with van der Waals surface area (Å²) in [5, 5.41) is 4.88. The molecule has 2 aromatic carbocycles. The molecule has 3 rings (SSSR count). The van der Waals surface area contributed by atoms with E-state index in [1.54, 1.807) is 12.1 Å². The van der Waals surface area contributed by atoms with Gasteiger partial charge in [-0.15, -0.1) is 0 Å². The predicted molar refractivity (Wildman–Crippen MR) is 104 cm³/mol. The van der Waals surface area contributed by atoms with Crippen molar-refractivity contribution in [3.05, 3.63) is 65.3 Å². The Hall–Kier alpha value is -2.31. The van der Waals surface area contributed by atoms with E-state index in [1.165, 1.54) is 0 Å². The Bertz CT molecular complexity index is 989. The smallest absolute Gasteiger partial charge is 0.229 e. The molecule has 0 saturated heterocycles. The summed E-state index contributed by atoms with van der Waals surface area (Å²) in [5.74, 6) is 0. The van der Waals surface area contributed by atoms with Crippen molar-refractivity contribution in [2.45, 2.75) is 6.42 Å². The van der Waals surface area contributed by atoms with Gasteiger partial charge in [0.25, 0.3) is 0 Å². The summed E-state index contributed by atoms with van der Waals surface area (Å²) in [6.07, 6.45) is 1.93. The molecule has 25 heavy (non-hydrogen) atoms. The summed E-state index contributed by atoms with van der Waals surface area (Å²) in [6, 6.07) is 17.0. The minimum absolute atomic E-state index is 0.456. The van der Waals surface area contributed by atoms with Gasteiger partial charge in [0.05, 0.1) is 11.8 Å². The fourth-order valence-corrected chi connectivity index (χ4v) is 3.35. The van der Waals surface area contributed by atoms with Crippen molar-refractivity contribution in [3.8, 4) is 0 Å². The Labute approximate surface area is 152 Å². The number of halogens is 1. The Balaban J connectivity index is 1.65. The third-order valence-electron chi connectivity index (χ3n) is 3.67. The van der Waals surface area contributed by atoms with Crippen LogP contribution in [0.4, 0.5) is 11.4 Å². The van der Waals surface area contributed by atoms with Crippen LogP contribution < -0.4 is 10.0 Å². The van der Waals surface area contributed by atoms with Gasteiger partial charge in [-0.25, -0.2) is 13.4 Å². The fourth-order valence-electron chi connectivity index (χ4n) is 2.58. The van der Waals surface area contributed by atoms with Gasteiger partial charge in [-0.1, -0.05) is 41.9 Å². The highest BCUT2D eigenvalue weighted by Crippen LogP contribution is 2.25. The standard InChI is InChI=1S/C18H18ClN3O2S/c1-25(23,24)22-14-8-6-13(7-9-14)10-11-20-17-12-18(19)21-16-5-3-2-4-15(16)17/h2-9,12,22H,10-11H2,1H3,(H,20,21). The molecule has 0 aliphatic heterocycles. The maximum atomic E-state index is 11.2. The van der Waals surface area contributed by atoms with Crippen molar-refractivity contribution in [3.63, 3.8) is 0 Å². The van der Waals surface area contributed by atoms with Gasteiger partial charge in [0.15, 0.2) is 0 Å². The lowest BCUT2D eigenvalue weighted by atomic mass is 10.1. The number of para-hydroxylation sites is 1. The largest absolute Gasteiger partial charge is 0.384 e. The normalized spacial score (nSPS) is 11.4. The number of hydrogen-bond donors (Lipinski definition) is 2. The first kappa shape index (κ1) is 17.5. The molecule has 130 valence electrons. The molecule has 1 aromatic heterocycles. The van der Waals surface area contributed by atoms with Gasteiger partial charge < -0.3 is 5.32 Å². The zero-order valence-corrected chi connectivity index (χ0v) is 15.2. The summed E-state index contributed by atoms with van der Waals surface area (Å²) < 4.78 is 24.9. The van der Waals surface area contributed by atoms with Crippen molar-refractivity contribution in [2.75, 3.05) is 22.8 Å². The molecule has 0 aliphatic rings. The van der Waals surface area contributed by atoms with E-state index in [2.05, 4.69) is 15.0 Å². The number of sulfonamides is 1. The van der Waals surface area contributed by atoms with E-state index in [0.717, 1.165) is 41.4 Å². The number of aromatic nitrogens is 1. The minimum atomic E-state index is -3.25. The Morgan fingerprint density at radius 1 is 1.08 bits per heavy atom.